The molecular weight excluding hydrogens is 198 g/mol. The van der Waals surface area contributed by atoms with Crippen molar-refractivity contribution in [1.29, 1.82) is 0 Å². The zero-order valence-electron chi connectivity index (χ0n) is 11.1. The van der Waals surface area contributed by atoms with Gasteiger partial charge in [-0.3, -0.25) is 0 Å². The van der Waals surface area contributed by atoms with E-state index in [1.54, 1.807) is 0 Å². The maximum absolute atomic E-state index is 5.84. The lowest BCUT2D eigenvalue weighted by Crippen LogP contribution is -2.48. The maximum Gasteiger partial charge on any atom is 0.0618 e. The molecule has 0 spiro atoms. The fraction of sp³-hybridized carbons (Fsp3) is 1.00. The minimum atomic E-state index is 0.452. The molecule has 2 rings (SSSR count). The van der Waals surface area contributed by atoms with Crippen molar-refractivity contribution in [2.75, 3.05) is 19.7 Å². The van der Waals surface area contributed by atoms with Crippen LogP contribution in [-0.2, 0) is 4.74 Å². The van der Waals surface area contributed by atoms with Gasteiger partial charge in [0.25, 0.3) is 0 Å². The molecule has 0 aromatic heterocycles. The third-order valence-corrected chi connectivity index (χ3v) is 4.67. The Morgan fingerprint density at radius 1 is 1.38 bits per heavy atom. The van der Waals surface area contributed by atoms with Crippen LogP contribution in [0, 0.1) is 17.3 Å². The fourth-order valence-electron chi connectivity index (χ4n) is 3.28. The van der Waals surface area contributed by atoms with Gasteiger partial charge in [-0.05, 0) is 44.6 Å². The Morgan fingerprint density at radius 3 is 2.56 bits per heavy atom. The first-order chi connectivity index (χ1) is 7.65. The summed E-state index contributed by atoms with van der Waals surface area (Å²) >= 11 is 0. The van der Waals surface area contributed by atoms with E-state index < -0.39 is 0 Å². The Labute approximate surface area is 100 Å². The lowest BCUT2D eigenvalue weighted by molar-refractivity contribution is -0.000713. The molecule has 1 aliphatic heterocycles. The van der Waals surface area contributed by atoms with Crippen LogP contribution in [0.3, 0.4) is 0 Å². The monoisotopic (exact) mass is 225 g/mol. The topological polar surface area (TPSA) is 21.3 Å². The van der Waals surface area contributed by atoms with Gasteiger partial charge in [0, 0.05) is 18.6 Å². The SMILES string of the molecule is CC(C)CNCC1(C2CCC2)CCOC1C. The van der Waals surface area contributed by atoms with E-state index in [0.29, 0.717) is 11.5 Å². The Kier molecular flexibility index (Phi) is 3.91. The molecule has 2 aliphatic rings. The molecule has 2 fully saturated rings. The van der Waals surface area contributed by atoms with E-state index in [2.05, 4.69) is 26.1 Å². The predicted molar refractivity (Wildman–Crippen MR) is 67.5 cm³/mol. The predicted octanol–water partition coefficient (Wildman–Crippen LogP) is 2.83. The largest absolute Gasteiger partial charge is 0.378 e. The van der Waals surface area contributed by atoms with Crippen molar-refractivity contribution in [3.63, 3.8) is 0 Å². The van der Waals surface area contributed by atoms with E-state index in [1.807, 2.05) is 0 Å². The summed E-state index contributed by atoms with van der Waals surface area (Å²) in [6, 6.07) is 0. The molecule has 1 saturated carbocycles. The van der Waals surface area contributed by atoms with E-state index in [-0.39, 0.29) is 0 Å². The molecule has 0 amide bonds. The summed E-state index contributed by atoms with van der Waals surface area (Å²) < 4.78 is 5.84. The van der Waals surface area contributed by atoms with Crippen molar-refractivity contribution in [3.8, 4) is 0 Å². The van der Waals surface area contributed by atoms with E-state index in [1.165, 1.54) is 25.7 Å². The third kappa shape index (κ3) is 2.28. The Hall–Kier alpha value is -0.0800. The Bertz CT molecular complexity index is 225. The van der Waals surface area contributed by atoms with E-state index >= 15 is 0 Å². The quantitative estimate of drug-likeness (QED) is 0.777. The summed E-state index contributed by atoms with van der Waals surface area (Å²) in [4.78, 5) is 0. The molecule has 16 heavy (non-hydrogen) atoms. The highest BCUT2D eigenvalue weighted by atomic mass is 16.5. The second kappa shape index (κ2) is 5.05. The second-order valence-electron chi connectivity index (χ2n) is 6.15. The summed E-state index contributed by atoms with van der Waals surface area (Å²) in [5.74, 6) is 1.67. The molecule has 0 bridgehead atoms. The molecule has 0 aromatic carbocycles. The summed E-state index contributed by atoms with van der Waals surface area (Å²) in [6.07, 6.45) is 6.01. The molecule has 94 valence electrons. The molecule has 1 N–H and O–H groups in total. The molecule has 1 heterocycles. The lowest BCUT2D eigenvalue weighted by Gasteiger charge is -2.45. The Balaban J connectivity index is 1.92. The smallest absolute Gasteiger partial charge is 0.0618 e. The molecule has 0 aromatic rings. The number of rotatable bonds is 5. The van der Waals surface area contributed by atoms with Gasteiger partial charge >= 0.3 is 0 Å². The first-order valence-corrected chi connectivity index (χ1v) is 6.97. The molecule has 0 radical (unpaired) electrons. The average Bonchev–Trinajstić information content (AvgIpc) is 2.45. The van der Waals surface area contributed by atoms with Crippen molar-refractivity contribution >= 4 is 0 Å². The van der Waals surface area contributed by atoms with Gasteiger partial charge in [-0.1, -0.05) is 20.3 Å². The molecule has 2 heteroatoms. The molecular formula is C14H27NO. The summed E-state index contributed by atoms with van der Waals surface area (Å²) in [6.45, 7) is 10.1. The minimum absolute atomic E-state index is 0.452. The molecule has 2 atom stereocenters. The highest BCUT2D eigenvalue weighted by Gasteiger charge is 2.48. The van der Waals surface area contributed by atoms with Crippen LogP contribution >= 0.6 is 0 Å². The van der Waals surface area contributed by atoms with E-state index in [9.17, 15) is 0 Å². The number of hydrogen-bond donors (Lipinski definition) is 1. The molecule has 1 aliphatic carbocycles. The van der Waals surface area contributed by atoms with Gasteiger partial charge in [0.15, 0.2) is 0 Å². The van der Waals surface area contributed by atoms with Gasteiger partial charge in [0.05, 0.1) is 6.10 Å². The standard InChI is InChI=1S/C14H27NO/c1-11(2)9-15-10-14(13-5-4-6-13)7-8-16-12(14)3/h11-13,15H,4-10H2,1-3H3. The van der Waals surface area contributed by atoms with Crippen LogP contribution in [0.15, 0.2) is 0 Å². The average molecular weight is 225 g/mol. The van der Waals surface area contributed by atoms with Crippen molar-refractivity contribution in [2.24, 2.45) is 17.3 Å². The van der Waals surface area contributed by atoms with Crippen LogP contribution in [0.25, 0.3) is 0 Å². The zero-order chi connectivity index (χ0) is 11.6. The van der Waals surface area contributed by atoms with Crippen LogP contribution in [0.5, 0.6) is 0 Å². The van der Waals surface area contributed by atoms with Gasteiger partial charge in [-0.25, -0.2) is 0 Å². The first kappa shape index (κ1) is 12.4. The summed E-state index contributed by atoms with van der Waals surface area (Å²) in [5.41, 5.74) is 0.452. The molecule has 1 saturated heterocycles. The van der Waals surface area contributed by atoms with Crippen molar-refractivity contribution < 1.29 is 4.74 Å². The highest BCUT2D eigenvalue weighted by Crippen LogP contribution is 2.50. The normalized spacial score (nSPS) is 35.6. The second-order valence-corrected chi connectivity index (χ2v) is 6.15. The zero-order valence-corrected chi connectivity index (χ0v) is 11.1. The van der Waals surface area contributed by atoms with Crippen molar-refractivity contribution in [1.82, 2.24) is 5.32 Å². The van der Waals surface area contributed by atoms with Gasteiger partial charge in [-0.2, -0.15) is 0 Å². The van der Waals surface area contributed by atoms with Gasteiger partial charge < -0.3 is 10.1 Å². The van der Waals surface area contributed by atoms with Gasteiger partial charge in [0.2, 0.25) is 0 Å². The number of ether oxygens (including phenoxy) is 1. The van der Waals surface area contributed by atoms with Crippen molar-refractivity contribution in [2.45, 2.75) is 52.6 Å². The summed E-state index contributed by atoms with van der Waals surface area (Å²) in [7, 11) is 0. The van der Waals surface area contributed by atoms with Crippen LogP contribution in [-0.4, -0.2) is 25.8 Å². The van der Waals surface area contributed by atoms with Crippen LogP contribution in [0.4, 0.5) is 0 Å². The van der Waals surface area contributed by atoms with Crippen LogP contribution in [0.2, 0.25) is 0 Å². The van der Waals surface area contributed by atoms with Gasteiger partial charge in [0.1, 0.15) is 0 Å². The minimum Gasteiger partial charge on any atom is -0.378 e. The number of hydrogen-bond acceptors (Lipinski definition) is 2. The van der Waals surface area contributed by atoms with E-state index in [4.69, 9.17) is 4.74 Å². The number of nitrogens with one attached hydrogen (secondary N) is 1. The molecule has 2 nitrogen and oxygen atoms in total. The van der Waals surface area contributed by atoms with Crippen LogP contribution in [0.1, 0.15) is 46.5 Å². The molecule has 2 unspecified atom stereocenters. The van der Waals surface area contributed by atoms with Crippen LogP contribution < -0.4 is 5.32 Å². The first-order valence-electron chi connectivity index (χ1n) is 6.97. The lowest BCUT2D eigenvalue weighted by atomic mass is 9.62. The van der Waals surface area contributed by atoms with E-state index in [0.717, 1.165) is 31.5 Å². The Morgan fingerprint density at radius 2 is 2.12 bits per heavy atom. The fourth-order valence-corrected chi connectivity index (χ4v) is 3.28. The maximum atomic E-state index is 5.84. The third-order valence-electron chi connectivity index (χ3n) is 4.67. The summed E-state index contributed by atoms with van der Waals surface area (Å²) in [5, 5.41) is 3.67. The van der Waals surface area contributed by atoms with Crippen molar-refractivity contribution in [3.05, 3.63) is 0 Å². The van der Waals surface area contributed by atoms with Gasteiger partial charge in [-0.15, -0.1) is 0 Å². The highest BCUT2D eigenvalue weighted by molar-refractivity contribution is 4.99.